The van der Waals surface area contributed by atoms with Gasteiger partial charge in [-0.2, -0.15) is 0 Å². The van der Waals surface area contributed by atoms with E-state index in [9.17, 15) is 4.79 Å². The fourth-order valence-corrected chi connectivity index (χ4v) is 3.37. The average molecular weight is 348 g/mol. The lowest BCUT2D eigenvalue weighted by atomic mass is 9.98. The number of nitrogens with zero attached hydrogens (tertiary/aromatic N) is 2. The number of aromatic nitrogens is 1. The molecule has 1 atom stereocenters. The van der Waals surface area contributed by atoms with Gasteiger partial charge in [0.05, 0.1) is 7.11 Å². The Hall–Kier alpha value is -3.08. The van der Waals surface area contributed by atoms with Crippen molar-refractivity contribution in [1.82, 2.24) is 10.1 Å². The minimum Gasteiger partial charge on any atom is -0.497 e. The van der Waals surface area contributed by atoms with Crippen molar-refractivity contribution in [3.05, 3.63) is 71.9 Å². The second kappa shape index (κ2) is 7.04. The lowest BCUT2D eigenvalue weighted by molar-refractivity contribution is 0.0780. The van der Waals surface area contributed by atoms with Gasteiger partial charge in [-0.3, -0.25) is 4.79 Å². The van der Waals surface area contributed by atoms with Gasteiger partial charge in [0, 0.05) is 30.6 Å². The molecule has 2 heterocycles. The number of hydrogen-bond donors (Lipinski definition) is 0. The number of methoxy groups -OCH3 is 1. The fourth-order valence-electron chi connectivity index (χ4n) is 3.37. The molecule has 0 aliphatic carbocycles. The van der Waals surface area contributed by atoms with Crippen LogP contribution in [0.15, 0.2) is 65.2 Å². The van der Waals surface area contributed by atoms with Crippen molar-refractivity contribution in [2.24, 2.45) is 0 Å². The van der Waals surface area contributed by atoms with Crippen molar-refractivity contribution in [2.75, 3.05) is 20.2 Å². The molecule has 1 saturated heterocycles. The quantitative estimate of drug-likeness (QED) is 0.716. The van der Waals surface area contributed by atoms with Crippen LogP contribution in [0.5, 0.6) is 5.75 Å². The van der Waals surface area contributed by atoms with E-state index in [1.54, 1.807) is 13.2 Å². The fraction of sp³-hybridized carbons (Fsp3) is 0.238. The van der Waals surface area contributed by atoms with Crippen molar-refractivity contribution in [3.8, 4) is 17.1 Å². The molecule has 0 bridgehead atoms. The largest absolute Gasteiger partial charge is 0.497 e. The third-order valence-electron chi connectivity index (χ3n) is 4.85. The molecule has 0 saturated carbocycles. The van der Waals surface area contributed by atoms with E-state index >= 15 is 0 Å². The minimum absolute atomic E-state index is 0.0769. The number of carbonyl (C=O) groups excluding carboxylic acids is 1. The van der Waals surface area contributed by atoms with Gasteiger partial charge in [-0.15, -0.1) is 0 Å². The summed E-state index contributed by atoms with van der Waals surface area (Å²) in [7, 11) is 1.66. The van der Waals surface area contributed by atoms with Gasteiger partial charge in [0.15, 0.2) is 11.5 Å². The maximum absolute atomic E-state index is 12.8. The molecule has 26 heavy (non-hydrogen) atoms. The highest BCUT2D eigenvalue weighted by atomic mass is 16.5. The SMILES string of the molecule is COc1ccc(C2CCN(C(=O)c3cc(-c4ccccc4)on3)C2)cc1. The molecule has 0 radical (unpaired) electrons. The first-order valence-electron chi connectivity index (χ1n) is 8.70. The summed E-state index contributed by atoms with van der Waals surface area (Å²) in [5.74, 6) is 1.72. The Balaban J connectivity index is 1.45. The topological polar surface area (TPSA) is 55.6 Å². The summed E-state index contributed by atoms with van der Waals surface area (Å²) in [6.07, 6.45) is 0.946. The van der Waals surface area contributed by atoms with E-state index in [1.165, 1.54) is 5.56 Å². The average Bonchev–Trinajstić information content (AvgIpc) is 3.38. The number of rotatable bonds is 4. The van der Waals surface area contributed by atoms with Gasteiger partial charge in [0.2, 0.25) is 0 Å². The van der Waals surface area contributed by atoms with Crippen LogP contribution in [0.25, 0.3) is 11.3 Å². The summed E-state index contributed by atoms with van der Waals surface area (Å²) in [6.45, 7) is 1.42. The highest BCUT2D eigenvalue weighted by molar-refractivity contribution is 5.93. The molecule has 1 aliphatic rings. The molecule has 4 rings (SSSR count). The van der Waals surface area contributed by atoms with E-state index in [0.29, 0.717) is 23.9 Å². The molecule has 1 amide bonds. The molecule has 0 N–H and O–H groups in total. The summed E-state index contributed by atoms with van der Waals surface area (Å²) >= 11 is 0. The molecule has 1 aromatic heterocycles. The summed E-state index contributed by atoms with van der Waals surface area (Å²) in [4.78, 5) is 14.6. The highest BCUT2D eigenvalue weighted by Crippen LogP contribution is 2.30. The van der Waals surface area contributed by atoms with Crippen LogP contribution in [-0.2, 0) is 0 Å². The van der Waals surface area contributed by atoms with E-state index in [-0.39, 0.29) is 5.91 Å². The zero-order chi connectivity index (χ0) is 17.9. The smallest absolute Gasteiger partial charge is 0.276 e. The van der Waals surface area contributed by atoms with E-state index in [2.05, 4.69) is 17.3 Å². The standard InChI is InChI=1S/C21H20N2O3/c1-25-18-9-7-15(8-10-18)17-11-12-23(14-17)21(24)19-13-20(26-22-19)16-5-3-2-4-6-16/h2-10,13,17H,11-12,14H2,1H3. The number of carbonyl (C=O) groups is 1. The van der Waals surface area contributed by atoms with Gasteiger partial charge < -0.3 is 14.2 Å². The Kier molecular flexibility index (Phi) is 4.44. The van der Waals surface area contributed by atoms with Gasteiger partial charge in [-0.05, 0) is 24.1 Å². The summed E-state index contributed by atoms with van der Waals surface area (Å²) < 4.78 is 10.6. The third kappa shape index (κ3) is 3.20. The van der Waals surface area contributed by atoms with E-state index in [1.807, 2.05) is 47.4 Å². The third-order valence-corrected chi connectivity index (χ3v) is 4.85. The molecule has 2 aromatic carbocycles. The summed E-state index contributed by atoms with van der Waals surface area (Å²) in [5, 5.41) is 3.97. The number of hydrogen-bond acceptors (Lipinski definition) is 4. The minimum atomic E-state index is -0.0769. The normalized spacial score (nSPS) is 16.7. The van der Waals surface area contributed by atoms with E-state index < -0.39 is 0 Å². The van der Waals surface area contributed by atoms with Crippen LogP contribution in [-0.4, -0.2) is 36.2 Å². The first-order chi connectivity index (χ1) is 12.7. The van der Waals surface area contributed by atoms with Crippen LogP contribution in [0, 0.1) is 0 Å². The van der Waals surface area contributed by atoms with Crippen molar-refractivity contribution in [1.29, 1.82) is 0 Å². The molecule has 132 valence electrons. The Labute approximate surface area is 152 Å². The molecule has 1 fully saturated rings. The van der Waals surface area contributed by atoms with Gasteiger partial charge in [0.25, 0.3) is 5.91 Å². The number of likely N-dealkylation sites (tertiary alicyclic amines) is 1. The number of amides is 1. The van der Waals surface area contributed by atoms with Gasteiger partial charge in [-0.1, -0.05) is 47.6 Å². The molecule has 0 spiro atoms. The van der Waals surface area contributed by atoms with Crippen LogP contribution >= 0.6 is 0 Å². The predicted octanol–water partition coefficient (Wildman–Crippen LogP) is 3.98. The van der Waals surface area contributed by atoms with Crippen LogP contribution < -0.4 is 4.74 Å². The van der Waals surface area contributed by atoms with Crippen LogP contribution in [0.4, 0.5) is 0 Å². The van der Waals surface area contributed by atoms with E-state index in [4.69, 9.17) is 9.26 Å². The van der Waals surface area contributed by atoms with Gasteiger partial charge >= 0.3 is 0 Å². The summed E-state index contributed by atoms with van der Waals surface area (Å²) in [5.41, 5.74) is 2.50. The second-order valence-corrected chi connectivity index (χ2v) is 6.45. The van der Waals surface area contributed by atoms with Crippen molar-refractivity contribution >= 4 is 5.91 Å². The Bertz CT molecular complexity index is 887. The van der Waals surface area contributed by atoms with E-state index in [0.717, 1.165) is 24.3 Å². The second-order valence-electron chi connectivity index (χ2n) is 6.45. The highest BCUT2D eigenvalue weighted by Gasteiger charge is 2.29. The molecular weight excluding hydrogens is 328 g/mol. The number of benzene rings is 2. The van der Waals surface area contributed by atoms with Gasteiger partial charge in [-0.25, -0.2) is 0 Å². The lowest BCUT2D eigenvalue weighted by Crippen LogP contribution is -2.28. The maximum Gasteiger partial charge on any atom is 0.276 e. The predicted molar refractivity (Wildman–Crippen MR) is 98.2 cm³/mol. The lowest BCUT2D eigenvalue weighted by Gasteiger charge is -2.15. The van der Waals surface area contributed by atoms with Crippen molar-refractivity contribution < 1.29 is 14.1 Å². The first kappa shape index (κ1) is 16.4. The summed E-state index contributed by atoms with van der Waals surface area (Å²) in [6, 6.07) is 19.5. The Morgan fingerprint density at radius 1 is 1.15 bits per heavy atom. The zero-order valence-corrected chi connectivity index (χ0v) is 14.6. The molecule has 3 aromatic rings. The Morgan fingerprint density at radius 3 is 2.65 bits per heavy atom. The van der Waals surface area contributed by atoms with Crippen molar-refractivity contribution in [3.63, 3.8) is 0 Å². The zero-order valence-electron chi connectivity index (χ0n) is 14.6. The van der Waals surface area contributed by atoms with Crippen LogP contribution in [0.3, 0.4) is 0 Å². The molecule has 5 nitrogen and oxygen atoms in total. The maximum atomic E-state index is 12.8. The number of ether oxygens (including phenoxy) is 1. The van der Waals surface area contributed by atoms with Crippen LogP contribution in [0.2, 0.25) is 0 Å². The first-order valence-corrected chi connectivity index (χ1v) is 8.70. The van der Waals surface area contributed by atoms with Crippen LogP contribution in [0.1, 0.15) is 28.4 Å². The molecule has 1 aliphatic heterocycles. The molecule has 5 heteroatoms. The van der Waals surface area contributed by atoms with Crippen molar-refractivity contribution in [2.45, 2.75) is 12.3 Å². The monoisotopic (exact) mass is 348 g/mol. The molecular formula is C21H20N2O3. The molecule has 1 unspecified atom stereocenters. The van der Waals surface area contributed by atoms with Gasteiger partial charge in [0.1, 0.15) is 5.75 Å². The Morgan fingerprint density at radius 2 is 1.92 bits per heavy atom.